The molecule has 0 bridgehead atoms. The van der Waals surface area contributed by atoms with E-state index in [1.54, 1.807) is 6.07 Å². The Hall–Kier alpha value is -3.13. The van der Waals surface area contributed by atoms with E-state index in [1.165, 1.54) is 30.2 Å². The van der Waals surface area contributed by atoms with Gasteiger partial charge < -0.3 is 14.8 Å². The molecule has 1 aliphatic rings. The van der Waals surface area contributed by atoms with Crippen molar-refractivity contribution in [3.8, 4) is 5.75 Å². The van der Waals surface area contributed by atoms with Gasteiger partial charge in [-0.15, -0.1) is 0 Å². The Morgan fingerprint density at radius 1 is 1.21 bits per heavy atom. The Morgan fingerprint density at radius 2 is 1.97 bits per heavy atom. The number of nitro groups is 1. The number of hydrogen-bond acceptors (Lipinski definition) is 6. The number of aryl methyl sites for hydroxylation is 2. The second kappa shape index (κ2) is 8.91. The van der Waals surface area contributed by atoms with Crippen LogP contribution in [0.25, 0.3) is 0 Å². The molecule has 1 unspecified atom stereocenters. The average Bonchev–Trinajstić information content (AvgIpc) is 3.15. The van der Waals surface area contributed by atoms with Gasteiger partial charge in [0, 0.05) is 12.1 Å². The highest BCUT2D eigenvalue weighted by Gasteiger charge is 2.21. The van der Waals surface area contributed by atoms with E-state index in [-0.39, 0.29) is 23.0 Å². The third-order valence-corrected chi connectivity index (χ3v) is 4.85. The first-order chi connectivity index (χ1) is 13.8. The lowest BCUT2D eigenvalue weighted by Gasteiger charge is -2.14. The minimum atomic E-state index is -1.14. The molecule has 0 saturated heterocycles. The lowest BCUT2D eigenvalue weighted by molar-refractivity contribution is -0.384. The van der Waals surface area contributed by atoms with Crippen molar-refractivity contribution in [2.24, 2.45) is 0 Å². The standard InChI is InChI=1S/C20H19ClN2O6/c1-12(20(25)22-18-10-15(23(26)27)6-8-17(18)21)29-19(24)11-28-16-7-5-13-3-2-4-14(13)9-16/h5-10,12H,2-4,11H2,1H3,(H,22,25). The Morgan fingerprint density at radius 3 is 2.72 bits per heavy atom. The maximum atomic E-state index is 12.2. The van der Waals surface area contributed by atoms with Crippen LogP contribution in [0, 0.1) is 10.1 Å². The first-order valence-electron chi connectivity index (χ1n) is 9.02. The van der Waals surface area contributed by atoms with Crippen LogP contribution >= 0.6 is 11.6 Å². The molecule has 3 rings (SSSR count). The number of nitrogens with zero attached hydrogens (tertiary/aromatic N) is 1. The third-order valence-electron chi connectivity index (χ3n) is 4.52. The van der Waals surface area contributed by atoms with Gasteiger partial charge in [0.15, 0.2) is 12.7 Å². The first kappa shape index (κ1) is 20.6. The fourth-order valence-corrected chi connectivity index (χ4v) is 3.19. The molecule has 0 aromatic heterocycles. The quantitative estimate of drug-likeness (QED) is 0.417. The number of benzene rings is 2. The van der Waals surface area contributed by atoms with Gasteiger partial charge in [-0.1, -0.05) is 17.7 Å². The summed E-state index contributed by atoms with van der Waals surface area (Å²) < 4.78 is 10.5. The molecule has 9 heteroatoms. The molecule has 2 aromatic rings. The van der Waals surface area contributed by atoms with Crippen molar-refractivity contribution in [2.75, 3.05) is 11.9 Å². The Kier molecular flexibility index (Phi) is 6.33. The second-order valence-corrected chi connectivity index (χ2v) is 7.02. The summed E-state index contributed by atoms with van der Waals surface area (Å²) in [7, 11) is 0. The Bertz CT molecular complexity index is 962. The molecule has 0 aliphatic heterocycles. The molecule has 1 N–H and O–H groups in total. The molecule has 0 radical (unpaired) electrons. The number of non-ortho nitro benzene ring substituents is 1. The summed E-state index contributed by atoms with van der Waals surface area (Å²) in [6.07, 6.45) is 2.02. The van der Waals surface area contributed by atoms with E-state index in [0.717, 1.165) is 25.3 Å². The predicted molar refractivity (Wildman–Crippen MR) is 106 cm³/mol. The van der Waals surface area contributed by atoms with Crippen LogP contribution in [0.5, 0.6) is 5.75 Å². The number of hydrogen-bond donors (Lipinski definition) is 1. The van der Waals surface area contributed by atoms with Crippen molar-refractivity contribution in [3.63, 3.8) is 0 Å². The number of nitrogens with one attached hydrogen (secondary N) is 1. The molecule has 0 saturated carbocycles. The average molecular weight is 419 g/mol. The van der Waals surface area contributed by atoms with Gasteiger partial charge in [0.25, 0.3) is 11.6 Å². The van der Waals surface area contributed by atoms with Crippen LogP contribution in [0.3, 0.4) is 0 Å². The van der Waals surface area contributed by atoms with Crippen LogP contribution in [0.2, 0.25) is 5.02 Å². The fraction of sp³-hybridized carbons (Fsp3) is 0.300. The summed E-state index contributed by atoms with van der Waals surface area (Å²) in [6.45, 7) is 1.04. The van der Waals surface area contributed by atoms with Gasteiger partial charge in [-0.2, -0.15) is 0 Å². The molecule has 0 fully saturated rings. The van der Waals surface area contributed by atoms with Crippen molar-refractivity contribution in [1.29, 1.82) is 0 Å². The Balaban J connectivity index is 1.52. The van der Waals surface area contributed by atoms with Crippen LogP contribution in [-0.2, 0) is 27.2 Å². The van der Waals surface area contributed by atoms with Crippen molar-refractivity contribution >= 4 is 34.9 Å². The molecule has 2 aromatic carbocycles. The SMILES string of the molecule is CC(OC(=O)COc1ccc2c(c1)CCC2)C(=O)Nc1cc([N+](=O)[O-])ccc1Cl. The van der Waals surface area contributed by atoms with Gasteiger partial charge >= 0.3 is 5.97 Å². The normalized spacial score (nSPS) is 13.3. The number of esters is 1. The number of fused-ring (bicyclic) bond motifs is 1. The number of nitro benzene ring substituents is 1. The first-order valence-corrected chi connectivity index (χ1v) is 9.40. The molecular formula is C20H19ClN2O6. The number of anilines is 1. The maximum absolute atomic E-state index is 12.2. The van der Waals surface area contributed by atoms with Gasteiger partial charge in [0.2, 0.25) is 0 Å². The van der Waals surface area contributed by atoms with Crippen LogP contribution in [0.15, 0.2) is 36.4 Å². The zero-order valence-electron chi connectivity index (χ0n) is 15.6. The maximum Gasteiger partial charge on any atom is 0.344 e. The summed E-state index contributed by atoms with van der Waals surface area (Å²) in [5.74, 6) is -0.806. The third kappa shape index (κ3) is 5.23. The topological polar surface area (TPSA) is 108 Å². The molecule has 1 amide bonds. The second-order valence-electron chi connectivity index (χ2n) is 6.62. The van der Waals surface area contributed by atoms with Crippen molar-refractivity contribution in [2.45, 2.75) is 32.3 Å². The highest BCUT2D eigenvalue weighted by atomic mass is 35.5. The molecular weight excluding hydrogens is 400 g/mol. The van der Waals surface area contributed by atoms with Gasteiger partial charge in [0.1, 0.15) is 5.75 Å². The fourth-order valence-electron chi connectivity index (χ4n) is 3.02. The van der Waals surface area contributed by atoms with Gasteiger partial charge in [-0.25, -0.2) is 4.79 Å². The van der Waals surface area contributed by atoms with Crippen LogP contribution in [0.4, 0.5) is 11.4 Å². The number of carbonyl (C=O) groups is 2. The zero-order valence-corrected chi connectivity index (χ0v) is 16.4. The highest BCUT2D eigenvalue weighted by Crippen LogP contribution is 2.27. The lowest BCUT2D eigenvalue weighted by Crippen LogP contribution is -2.31. The van der Waals surface area contributed by atoms with E-state index in [4.69, 9.17) is 21.1 Å². The largest absolute Gasteiger partial charge is 0.482 e. The van der Waals surface area contributed by atoms with Crippen LogP contribution in [0.1, 0.15) is 24.5 Å². The van der Waals surface area contributed by atoms with E-state index in [1.807, 2.05) is 12.1 Å². The number of rotatable bonds is 7. The number of ether oxygens (including phenoxy) is 2. The lowest BCUT2D eigenvalue weighted by atomic mass is 10.1. The van der Waals surface area contributed by atoms with Gasteiger partial charge in [-0.3, -0.25) is 14.9 Å². The molecule has 152 valence electrons. The van der Waals surface area contributed by atoms with E-state index in [9.17, 15) is 19.7 Å². The van der Waals surface area contributed by atoms with Gasteiger partial charge in [-0.05, 0) is 55.5 Å². The minimum absolute atomic E-state index is 0.0585. The number of carbonyl (C=O) groups excluding carboxylic acids is 2. The molecule has 1 aliphatic carbocycles. The smallest absolute Gasteiger partial charge is 0.344 e. The Labute approximate surface area is 171 Å². The van der Waals surface area contributed by atoms with Crippen molar-refractivity contribution in [3.05, 3.63) is 62.7 Å². The molecule has 0 heterocycles. The molecule has 1 atom stereocenters. The van der Waals surface area contributed by atoms with E-state index >= 15 is 0 Å². The molecule has 8 nitrogen and oxygen atoms in total. The van der Waals surface area contributed by atoms with Crippen LogP contribution < -0.4 is 10.1 Å². The minimum Gasteiger partial charge on any atom is -0.482 e. The van der Waals surface area contributed by atoms with Crippen LogP contribution in [-0.4, -0.2) is 29.5 Å². The molecule has 29 heavy (non-hydrogen) atoms. The van der Waals surface area contributed by atoms with E-state index in [2.05, 4.69) is 5.32 Å². The number of amides is 1. The monoisotopic (exact) mass is 418 g/mol. The highest BCUT2D eigenvalue weighted by molar-refractivity contribution is 6.33. The summed E-state index contributed by atoms with van der Waals surface area (Å²) in [4.78, 5) is 34.5. The predicted octanol–water partition coefficient (Wildman–Crippen LogP) is 3.69. The zero-order chi connectivity index (χ0) is 21.0. The van der Waals surface area contributed by atoms with Crippen molar-refractivity contribution in [1.82, 2.24) is 0 Å². The summed E-state index contributed by atoms with van der Waals surface area (Å²) >= 11 is 5.95. The number of halogens is 1. The van der Waals surface area contributed by atoms with E-state index < -0.39 is 22.9 Å². The summed E-state index contributed by atoms with van der Waals surface area (Å²) in [6, 6.07) is 9.36. The summed E-state index contributed by atoms with van der Waals surface area (Å²) in [5.41, 5.74) is 2.35. The van der Waals surface area contributed by atoms with E-state index in [0.29, 0.717) is 5.75 Å². The summed E-state index contributed by atoms with van der Waals surface area (Å²) in [5, 5.41) is 13.4. The molecule has 0 spiro atoms. The van der Waals surface area contributed by atoms with Crippen molar-refractivity contribution < 1.29 is 24.0 Å². The van der Waals surface area contributed by atoms with Gasteiger partial charge in [0.05, 0.1) is 15.6 Å².